The van der Waals surface area contributed by atoms with Gasteiger partial charge in [0.05, 0.1) is 11.1 Å². The molecule has 5 nitrogen and oxygen atoms in total. The molecule has 12 heteroatoms. The summed E-state index contributed by atoms with van der Waals surface area (Å²) < 4.78 is 77.9. The van der Waals surface area contributed by atoms with Crippen LogP contribution in [-0.2, 0) is 12.4 Å². The summed E-state index contributed by atoms with van der Waals surface area (Å²) in [7, 11) is 0. The number of halogens is 7. The van der Waals surface area contributed by atoms with Crippen molar-refractivity contribution >= 4 is 29.5 Å². The SMILES string of the molecule is Cl.NC1CCCCC1Nc1c(Nc2cc(C(F)(F)F)cc(C(F)(F)F)c2)c(=O)c1=O. The summed E-state index contributed by atoms with van der Waals surface area (Å²) in [5.74, 6) is 0. The van der Waals surface area contributed by atoms with Crippen LogP contribution < -0.4 is 27.2 Å². The van der Waals surface area contributed by atoms with Gasteiger partial charge in [-0.15, -0.1) is 12.4 Å². The summed E-state index contributed by atoms with van der Waals surface area (Å²) in [6.45, 7) is 0. The van der Waals surface area contributed by atoms with E-state index in [1.165, 1.54) is 0 Å². The lowest BCUT2D eigenvalue weighted by Gasteiger charge is -2.31. The third-order valence-corrected chi connectivity index (χ3v) is 4.92. The summed E-state index contributed by atoms with van der Waals surface area (Å²) in [6, 6.07) is 0.268. The summed E-state index contributed by atoms with van der Waals surface area (Å²) in [6.07, 6.45) is -6.99. The van der Waals surface area contributed by atoms with Crippen LogP contribution in [0.3, 0.4) is 0 Å². The van der Waals surface area contributed by atoms with E-state index in [0.29, 0.717) is 25.0 Å². The Labute approximate surface area is 172 Å². The number of anilines is 3. The van der Waals surface area contributed by atoms with Crippen molar-refractivity contribution in [2.75, 3.05) is 10.6 Å². The third-order valence-electron chi connectivity index (χ3n) is 4.92. The highest BCUT2D eigenvalue weighted by molar-refractivity contribution is 5.85. The van der Waals surface area contributed by atoms with E-state index >= 15 is 0 Å². The Hall–Kier alpha value is -2.27. The first-order chi connectivity index (χ1) is 13.4. The molecule has 3 rings (SSSR count). The molecule has 1 saturated carbocycles. The van der Waals surface area contributed by atoms with Crippen molar-refractivity contribution in [1.29, 1.82) is 0 Å². The third kappa shape index (κ3) is 4.89. The molecule has 0 aliphatic heterocycles. The average molecular weight is 458 g/mol. The van der Waals surface area contributed by atoms with Crippen LogP contribution in [0, 0.1) is 0 Å². The highest BCUT2D eigenvalue weighted by Crippen LogP contribution is 2.38. The van der Waals surface area contributed by atoms with Gasteiger partial charge in [-0.1, -0.05) is 12.8 Å². The second kappa shape index (κ2) is 8.46. The van der Waals surface area contributed by atoms with Crippen molar-refractivity contribution in [3.05, 3.63) is 49.8 Å². The molecule has 2 aromatic rings. The van der Waals surface area contributed by atoms with Gasteiger partial charge in [0.15, 0.2) is 0 Å². The Bertz CT molecular complexity index is 950. The van der Waals surface area contributed by atoms with Crippen molar-refractivity contribution in [1.82, 2.24) is 0 Å². The first-order valence-corrected chi connectivity index (χ1v) is 8.80. The fourth-order valence-electron chi connectivity index (χ4n) is 3.34. The van der Waals surface area contributed by atoms with Crippen molar-refractivity contribution in [3.8, 4) is 0 Å². The standard InChI is InChI=1S/C18H17F6N3O2.ClH/c19-17(20,21)8-5-9(18(22,23)24)7-10(6-8)26-13-14(16(29)15(13)28)27-12-4-2-1-3-11(12)25;/h5-7,11-12,26-27H,1-4,25H2;1H. The van der Waals surface area contributed by atoms with Crippen LogP contribution in [0.1, 0.15) is 36.8 Å². The molecule has 4 N–H and O–H groups in total. The lowest BCUT2D eigenvalue weighted by Crippen LogP contribution is -2.46. The summed E-state index contributed by atoms with van der Waals surface area (Å²) >= 11 is 0. The Morgan fingerprint density at radius 1 is 0.833 bits per heavy atom. The average Bonchev–Trinajstić information content (AvgIpc) is 2.64. The summed E-state index contributed by atoms with van der Waals surface area (Å²) in [5.41, 5.74) is -0.167. The number of rotatable bonds is 4. The molecule has 166 valence electrons. The molecule has 0 spiro atoms. The van der Waals surface area contributed by atoms with Crippen molar-refractivity contribution in [2.45, 2.75) is 50.1 Å². The smallest absolute Gasteiger partial charge is 0.376 e. The second-order valence-electron chi connectivity index (χ2n) is 7.03. The molecule has 1 aliphatic carbocycles. The highest BCUT2D eigenvalue weighted by Gasteiger charge is 2.37. The van der Waals surface area contributed by atoms with Crippen LogP contribution in [0.25, 0.3) is 0 Å². The van der Waals surface area contributed by atoms with Gasteiger partial charge in [0.2, 0.25) is 0 Å². The van der Waals surface area contributed by atoms with Crippen LogP contribution >= 0.6 is 12.4 Å². The monoisotopic (exact) mass is 457 g/mol. The number of nitrogens with two attached hydrogens (primary N) is 1. The molecular formula is C18H18ClF6N3O2. The van der Waals surface area contributed by atoms with E-state index in [9.17, 15) is 35.9 Å². The minimum Gasteiger partial charge on any atom is -0.376 e. The van der Waals surface area contributed by atoms with Crippen LogP contribution in [0.5, 0.6) is 0 Å². The molecular weight excluding hydrogens is 440 g/mol. The van der Waals surface area contributed by atoms with Gasteiger partial charge in [0.1, 0.15) is 11.4 Å². The predicted octanol–water partition coefficient (Wildman–Crippen LogP) is 4.17. The minimum absolute atomic E-state index is 0. The van der Waals surface area contributed by atoms with Gasteiger partial charge in [0, 0.05) is 17.8 Å². The molecule has 0 bridgehead atoms. The topological polar surface area (TPSA) is 84.2 Å². The van der Waals surface area contributed by atoms with E-state index in [4.69, 9.17) is 5.73 Å². The number of hydrogen-bond acceptors (Lipinski definition) is 5. The Morgan fingerprint density at radius 3 is 1.83 bits per heavy atom. The number of hydrogen-bond donors (Lipinski definition) is 3. The first kappa shape index (κ1) is 24.0. The molecule has 0 aromatic heterocycles. The minimum atomic E-state index is -5.03. The van der Waals surface area contributed by atoms with Gasteiger partial charge in [-0.2, -0.15) is 26.3 Å². The van der Waals surface area contributed by atoms with Crippen LogP contribution in [0.15, 0.2) is 27.8 Å². The maximum absolute atomic E-state index is 13.0. The number of nitrogens with one attached hydrogen (secondary N) is 2. The van der Waals surface area contributed by atoms with Gasteiger partial charge in [-0.25, -0.2) is 0 Å². The van der Waals surface area contributed by atoms with Gasteiger partial charge >= 0.3 is 12.4 Å². The van der Waals surface area contributed by atoms with Crippen LogP contribution in [-0.4, -0.2) is 12.1 Å². The Balaban J connectivity index is 0.00000320. The second-order valence-corrected chi connectivity index (χ2v) is 7.03. The maximum Gasteiger partial charge on any atom is 0.416 e. The van der Waals surface area contributed by atoms with Crippen molar-refractivity contribution < 1.29 is 26.3 Å². The van der Waals surface area contributed by atoms with Crippen molar-refractivity contribution in [2.24, 2.45) is 5.73 Å². The Morgan fingerprint density at radius 2 is 1.33 bits per heavy atom. The van der Waals surface area contributed by atoms with Gasteiger partial charge < -0.3 is 16.4 Å². The van der Waals surface area contributed by atoms with E-state index in [0.717, 1.165) is 12.8 Å². The molecule has 2 unspecified atom stereocenters. The van der Waals surface area contributed by atoms with Crippen LogP contribution in [0.2, 0.25) is 0 Å². The summed E-state index contributed by atoms with van der Waals surface area (Å²) in [5, 5.41) is 5.07. The van der Waals surface area contributed by atoms with Crippen molar-refractivity contribution in [3.63, 3.8) is 0 Å². The fourth-order valence-corrected chi connectivity index (χ4v) is 3.34. The zero-order valence-electron chi connectivity index (χ0n) is 15.3. The zero-order valence-corrected chi connectivity index (χ0v) is 16.1. The quantitative estimate of drug-likeness (QED) is 0.474. The van der Waals surface area contributed by atoms with E-state index < -0.39 is 40.0 Å². The lowest BCUT2D eigenvalue weighted by molar-refractivity contribution is -0.143. The molecule has 30 heavy (non-hydrogen) atoms. The van der Waals surface area contributed by atoms with E-state index in [2.05, 4.69) is 10.6 Å². The molecule has 2 aromatic carbocycles. The molecule has 2 atom stereocenters. The molecule has 0 amide bonds. The van der Waals surface area contributed by atoms with E-state index in [1.54, 1.807) is 0 Å². The Kier molecular flexibility index (Phi) is 6.77. The normalized spacial score (nSPS) is 20.0. The molecule has 1 fully saturated rings. The number of benzene rings is 1. The predicted molar refractivity (Wildman–Crippen MR) is 102 cm³/mol. The fraction of sp³-hybridized carbons (Fsp3) is 0.444. The highest BCUT2D eigenvalue weighted by atomic mass is 35.5. The van der Waals surface area contributed by atoms with Gasteiger partial charge in [0.25, 0.3) is 10.9 Å². The molecule has 0 radical (unpaired) electrons. The molecule has 0 saturated heterocycles. The first-order valence-electron chi connectivity index (χ1n) is 8.80. The zero-order chi connectivity index (χ0) is 21.6. The van der Waals surface area contributed by atoms with Gasteiger partial charge in [-0.3, -0.25) is 9.59 Å². The van der Waals surface area contributed by atoms with Crippen LogP contribution in [0.4, 0.5) is 43.4 Å². The summed E-state index contributed by atoms with van der Waals surface area (Å²) in [4.78, 5) is 23.8. The van der Waals surface area contributed by atoms with E-state index in [-0.39, 0.29) is 41.9 Å². The molecule has 1 aliphatic rings. The van der Waals surface area contributed by atoms with Gasteiger partial charge in [-0.05, 0) is 31.0 Å². The largest absolute Gasteiger partial charge is 0.416 e. The maximum atomic E-state index is 13.0. The lowest BCUT2D eigenvalue weighted by atomic mass is 9.90. The molecule has 0 heterocycles. The number of alkyl halides is 6. The van der Waals surface area contributed by atoms with E-state index in [1.807, 2.05) is 0 Å².